The molecule has 21 heavy (non-hydrogen) atoms. The molecule has 1 aliphatic rings. The lowest BCUT2D eigenvalue weighted by Crippen LogP contribution is -2.43. The fraction of sp³-hybridized carbons (Fsp3) is 0.750. The molecule has 1 aliphatic heterocycles. The largest absolute Gasteiger partial charge is 0.343 e. The van der Waals surface area contributed by atoms with Crippen molar-refractivity contribution in [3.05, 3.63) is 18.0 Å². The summed E-state index contributed by atoms with van der Waals surface area (Å²) >= 11 is 0. The lowest BCUT2D eigenvalue weighted by molar-refractivity contribution is -0.133. The van der Waals surface area contributed by atoms with Gasteiger partial charge in [-0.05, 0) is 52.3 Å². The predicted octanol–water partition coefficient (Wildman–Crippen LogP) is 1.77. The number of nitrogens with zero attached hydrogens (tertiary/aromatic N) is 4. The number of hydrogen-bond acceptors (Lipinski definition) is 3. The maximum atomic E-state index is 12.3. The van der Waals surface area contributed by atoms with E-state index < -0.39 is 0 Å². The van der Waals surface area contributed by atoms with E-state index in [4.69, 9.17) is 0 Å². The highest BCUT2D eigenvalue weighted by Gasteiger charge is 2.26. The molecule has 0 saturated carbocycles. The molecule has 0 N–H and O–H groups in total. The first kappa shape index (κ1) is 16.0. The Labute approximate surface area is 127 Å². The zero-order valence-electron chi connectivity index (χ0n) is 13.7. The van der Waals surface area contributed by atoms with E-state index in [2.05, 4.69) is 31.0 Å². The molecule has 1 fully saturated rings. The van der Waals surface area contributed by atoms with Gasteiger partial charge in [-0.15, -0.1) is 0 Å². The molecule has 1 aromatic heterocycles. The number of likely N-dealkylation sites (tertiary alicyclic amines) is 1. The van der Waals surface area contributed by atoms with E-state index in [-0.39, 0.29) is 5.91 Å². The third-order valence-electron chi connectivity index (χ3n) is 4.71. The van der Waals surface area contributed by atoms with Crippen molar-refractivity contribution in [3.8, 4) is 0 Å². The molecule has 1 amide bonds. The Morgan fingerprint density at radius 2 is 2.10 bits per heavy atom. The summed E-state index contributed by atoms with van der Waals surface area (Å²) in [4.78, 5) is 16.6. The second kappa shape index (κ2) is 7.07. The van der Waals surface area contributed by atoms with Gasteiger partial charge in [0.05, 0.1) is 6.20 Å². The van der Waals surface area contributed by atoms with Crippen molar-refractivity contribution in [3.63, 3.8) is 0 Å². The lowest BCUT2D eigenvalue weighted by atomic mass is 9.89. The third kappa shape index (κ3) is 4.30. The molecule has 0 unspecified atom stereocenters. The maximum Gasteiger partial charge on any atom is 0.224 e. The summed E-state index contributed by atoms with van der Waals surface area (Å²) in [5, 5.41) is 4.23. The van der Waals surface area contributed by atoms with Crippen molar-refractivity contribution in [1.29, 1.82) is 0 Å². The second-order valence-electron chi connectivity index (χ2n) is 6.45. The molecule has 0 bridgehead atoms. The van der Waals surface area contributed by atoms with Crippen LogP contribution in [-0.2, 0) is 11.3 Å². The van der Waals surface area contributed by atoms with E-state index in [1.54, 1.807) is 0 Å². The van der Waals surface area contributed by atoms with E-state index in [1.807, 2.05) is 28.9 Å². The average Bonchev–Trinajstić information content (AvgIpc) is 2.89. The van der Waals surface area contributed by atoms with Gasteiger partial charge in [0.2, 0.25) is 5.91 Å². The minimum absolute atomic E-state index is 0.263. The smallest absolute Gasteiger partial charge is 0.224 e. The number of aromatic nitrogens is 2. The molecule has 5 nitrogen and oxygen atoms in total. The Kier molecular flexibility index (Phi) is 5.39. The van der Waals surface area contributed by atoms with Gasteiger partial charge in [0, 0.05) is 38.3 Å². The fourth-order valence-electron chi connectivity index (χ4n) is 3.01. The number of carbonyl (C=O) groups is 1. The zero-order valence-corrected chi connectivity index (χ0v) is 13.7. The van der Waals surface area contributed by atoms with Crippen LogP contribution in [0.3, 0.4) is 0 Å². The van der Waals surface area contributed by atoms with E-state index in [9.17, 15) is 4.79 Å². The first-order valence-corrected chi connectivity index (χ1v) is 7.90. The Hall–Kier alpha value is -1.36. The number of piperidine rings is 1. The van der Waals surface area contributed by atoms with E-state index in [1.165, 1.54) is 0 Å². The zero-order chi connectivity index (χ0) is 15.4. The van der Waals surface area contributed by atoms with Crippen LogP contribution < -0.4 is 0 Å². The van der Waals surface area contributed by atoms with Gasteiger partial charge in [-0.3, -0.25) is 9.48 Å². The summed E-state index contributed by atoms with van der Waals surface area (Å²) in [5.41, 5.74) is 1.14. The van der Waals surface area contributed by atoms with Crippen LogP contribution in [0.5, 0.6) is 0 Å². The van der Waals surface area contributed by atoms with Crippen molar-refractivity contribution in [2.45, 2.75) is 45.7 Å². The van der Waals surface area contributed by atoms with Gasteiger partial charge in [-0.25, -0.2) is 0 Å². The Morgan fingerprint density at radius 3 is 2.62 bits per heavy atom. The molecule has 1 atom stereocenters. The summed E-state index contributed by atoms with van der Waals surface area (Å²) in [6, 6.07) is 0.592. The normalized spacial score (nSPS) is 18.2. The maximum absolute atomic E-state index is 12.3. The quantitative estimate of drug-likeness (QED) is 0.830. The minimum Gasteiger partial charge on any atom is -0.343 e. The summed E-state index contributed by atoms with van der Waals surface area (Å²) in [7, 11) is 4.27. The molecule has 2 rings (SSSR count). The van der Waals surface area contributed by atoms with E-state index >= 15 is 0 Å². The van der Waals surface area contributed by atoms with E-state index in [0.29, 0.717) is 24.9 Å². The number of amides is 1. The highest BCUT2D eigenvalue weighted by atomic mass is 16.2. The standard InChI is InChI=1S/C16H28N4O/c1-13-11-17-20(12-13)10-7-16(21)19-8-5-15(6-9-19)14(2)18(3)4/h11-12,14-15H,5-10H2,1-4H3/t14-/m0/s1. The number of hydrogen-bond donors (Lipinski definition) is 0. The van der Waals surface area contributed by atoms with Crippen molar-refractivity contribution in [2.24, 2.45) is 5.92 Å². The summed E-state index contributed by atoms with van der Waals surface area (Å²) in [6.45, 7) is 6.78. The first-order chi connectivity index (χ1) is 9.97. The van der Waals surface area contributed by atoms with Crippen LogP contribution in [0.15, 0.2) is 12.4 Å². The Morgan fingerprint density at radius 1 is 1.43 bits per heavy atom. The van der Waals surface area contributed by atoms with E-state index in [0.717, 1.165) is 31.5 Å². The van der Waals surface area contributed by atoms with Crippen molar-refractivity contribution >= 4 is 5.91 Å². The lowest BCUT2D eigenvalue weighted by Gasteiger charge is -2.37. The second-order valence-corrected chi connectivity index (χ2v) is 6.45. The molecular weight excluding hydrogens is 264 g/mol. The molecule has 0 radical (unpaired) electrons. The summed E-state index contributed by atoms with van der Waals surface area (Å²) in [6.07, 6.45) is 6.60. The molecule has 0 aliphatic carbocycles. The van der Waals surface area contributed by atoms with Crippen LogP contribution in [0.4, 0.5) is 0 Å². The van der Waals surface area contributed by atoms with Crippen LogP contribution in [0.1, 0.15) is 31.7 Å². The van der Waals surface area contributed by atoms with Gasteiger partial charge in [-0.1, -0.05) is 0 Å². The van der Waals surface area contributed by atoms with Gasteiger partial charge < -0.3 is 9.80 Å². The Bertz CT molecular complexity index is 461. The van der Waals surface area contributed by atoms with Crippen molar-refractivity contribution < 1.29 is 4.79 Å². The molecule has 118 valence electrons. The van der Waals surface area contributed by atoms with Gasteiger partial charge >= 0.3 is 0 Å². The monoisotopic (exact) mass is 292 g/mol. The topological polar surface area (TPSA) is 41.4 Å². The third-order valence-corrected chi connectivity index (χ3v) is 4.71. The van der Waals surface area contributed by atoms with Gasteiger partial charge in [0.15, 0.2) is 0 Å². The van der Waals surface area contributed by atoms with Crippen LogP contribution in [0.2, 0.25) is 0 Å². The van der Waals surface area contributed by atoms with Crippen LogP contribution in [-0.4, -0.2) is 58.7 Å². The number of carbonyl (C=O) groups excluding carboxylic acids is 1. The van der Waals surface area contributed by atoms with Crippen LogP contribution in [0, 0.1) is 12.8 Å². The van der Waals surface area contributed by atoms with Crippen molar-refractivity contribution in [2.75, 3.05) is 27.2 Å². The number of rotatable bonds is 5. The van der Waals surface area contributed by atoms with Gasteiger partial charge in [-0.2, -0.15) is 5.10 Å². The van der Waals surface area contributed by atoms with Gasteiger partial charge in [0.1, 0.15) is 0 Å². The SMILES string of the molecule is Cc1cnn(CCC(=O)N2CCC([C@H](C)N(C)C)CC2)c1. The van der Waals surface area contributed by atoms with Crippen molar-refractivity contribution in [1.82, 2.24) is 19.6 Å². The number of aryl methyl sites for hydroxylation is 2. The summed E-state index contributed by atoms with van der Waals surface area (Å²) < 4.78 is 1.86. The predicted molar refractivity (Wildman–Crippen MR) is 84.0 cm³/mol. The molecule has 5 heteroatoms. The molecular formula is C16H28N4O. The highest BCUT2D eigenvalue weighted by Crippen LogP contribution is 2.23. The first-order valence-electron chi connectivity index (χ1n) is 7.90. The van der Waals surface area contributed by atoms with Gasteiger partial charge in [0.25, 0.3) is 0 Å². The minimum atomic E-state index is 0.263. The average molecular weight is 292 g/mol. The molecule has 1 saturated heterocycles. The van der Waals surface area contributed by atoms with Crippen LogP contribution >= 0.6 is 0 Å². The molecule has 0 spiro atoms. The Balaban J connectivity index is 1.75. The fourth-order valence-corrected chi connectivity index (χ4v) is 3.01. The molecule has 1 aromatic rings. The van der Waals surface area contributed by atoms with Crippen LogP contribution in [0.25, 0.3) is 0 Å². The summed E-state index contributed by atoms with van der Waals surface area (Å²) in [5.74, 6) is 0.969. The molecule has 0 aromatic carbocycles. The highest BCUT2D eigenvalue weighted by molar-refractivity contribution is 5.76. The molecule has 2 heterocycles.